The lowest BCUT2D eigenvalue weighted by molar-refractivity contribution is -0.192. The molecule has 0 saturated carbocycles. The van der Waals surface area contributed by atoms with Crippen LogP contribution in [0.5, 0.6) is 0 Å². The van der Waals surface area contributed by atoms with E-state index in [1.807, 2.05) is 41.3 Å². The van der Waals surface area contributed by atoms with Crippen molar-refractivity contribution in [2.75, 3.05) is 4.90 Å². The molecule has 172 valence electrons. The summed E-state index contributed by atoms with van der Waals surface area (Å²) in [5.41, 5.74) is 6.53. The van der Waals surface area contributed by atoms with Crippen molar-refractivity contribution in [3.8, 4) is 11.3 Å². The second-order valence-electron chi connectivity index (χ2n) is 7.38. The van der Waals surface area contributed by atoms with Gasteiger partial charge in [-0.2, -0.15) is 13.2 Å². The number of hydrogen-bond acceptors (Lipinski definition) is 3. The van der Waals surface area contributed by atoms with Gasteiger partial charge in [-0.25, -0.2) is 4.79 Å². The van der Waals surface area contributed by atoms with E-state index in [9.17, 15) is 18.0 Å². The van der Waals surface area contributed by atoms with Gasteiger partial charge >= 0.3 is 12.1 Å². The summed E-state index contributed by atoms with van der Waals surface area (Å²) in [6.45, 7) is 2.17. The molecule has 33 heavy (non-hydrogen) atoms. The molecule has 1 amide bonds. The highest BCUT2D eigenvalue weighted by Gasteiger charge is 2.38. The van der Waals surface area contributed by atoms with Crippen LogP contribution in [0.3, 0.4) is 0 Å². The van der Waals surface area contributed by atoms with E-state index < -0.39 is 12.1 Å². The number of amides is 1. The van der Waals surface area contributed by atoms with Crippen LogP contribution in [0.25, 0.3) is 11.3 Å². The number of anilines is 1. The van der Waals surface area contributed by atoms with E-state index in [0.29, 0.717) is 11.6 Å². The molecule has 9 heteroatoms. The Hall–Kier alpha value is -3.39. The number of hydrogen-bond donors (Lipinski definition) is 1. The number of aromatic nitrogens is 1. The highest BCUT2D eigenvalue weighted by molar-refractivity contribution is 6.30. The first-order valence-electron chi connectivity index (χ1n) is 9.96. The second-order valence-corrected chi connectivity index (χ2v) is 7.82. The van der Waals surface area contributed by atoms with E-state index in [0.717, 1.165) is 35.3 Å². The Morgan fingerprint density at radius 1 is 1.00 bits per heavy atom. The number of benzene rings is 2. The summed E-state index contributed by atoms with van der Waals surface area (Å²) in [5.74, 6) is -2.72. The number of rotatable bonds is 1. The van der Waals surface area contributed by atoms with Gasteiger partial charge in [0.05, 0.1) is 12.2 Å². The van der Waals surface area contributed by atoms with Gasteiger partial charge in [-0.3, -0.25) is 9.78 Å². The summed E-state index contributed by atoms with van der Waals surface area (Å²) >= 11 is 6.18. The average Bonchev–Trinajstić information content (AvgIpc) is 2.75. The second kappa shape index (κ2) is 10.0. The van der Waals surface area contributed by atoms with Crippen LogP contribution in [-0.2, 0) is 29.0 Å². The molecule has 1 aliphatic heterocycles. The fraction of sp³-hybridized carbons (Fsp3) is 0.208. The number of halogens is 4. The molecule has 4 rings (SSSR count). The number of nitrogens with zero attached hydrogens (tertiary/aromatic N) is 2. The number of carboxylic acids is 1. The van der Waals surface area contributed by atoms with Gasteiger partial charge < -0.3 is 10.0 Å². The number of aryl methyl sites for hydroxylation is 2. The third kappa shape index (κ3) is 6.10. The Bertz CT molecular complexity index is 1170. The van der Waals surface area contributed by atoms with Gasteiger partial charge in [0.25, 0.3) is 0 Å². The first-order chi connectivity index (χ1) is 15.6. The van der Waals surface area contributed by atoms with E-state index >= 15 is 0 Å². The van der Waals surface area contributed by atoms with Gasteiger partial charge in [-0.05, 0) is 65.9 Å². The summed E-state index contributed by atoms with van der Waals surface area (Å²) in [7, 11) is 0. The average molecular weight is 477 g/mol. The van der Waals surface area contributed by atoms with Crippen LogP contribution >= 0.6 is 11.6 Å². The van der Waals surface area contributed by atoms with Crippen molar-refractivity contribution in [2.45, 2.75) is 32.5 Å². The van der Waals surface area contributed by atoms with Crippen LogP contribution in [0.2, 0.25) is 5.02 Å². The Morgan fingerprint density at radius 2 is 1.70 bits per heavy atom. The summed E-state index contributed by atoms with van der Waals surface area (Å²) in [6, 6.07) is 18.1. The Labute approximate surface area is 193 Å². The molecular weight excluding hydrogens is 457 g/mol. The van der Waals surface area contributed by atoms with E-state index in [2.05, 4.69) is 23.2 Å². The van der Waals surface area contributed by atoms with Gasteiger partial charge in [0.1, 0.15) is 0 Å². The van der Waals surface area contributed by atoms with E-state index in [4.69, 9.17) is 21.5 Å². The summed E-state index contributed by atoms with van der Waals surface area (Å²) < 4.78 is 31.7. The van der Waals surface area contributed by atoms with Crippen LogP contribution in [0, 0.1) is 0 Å². The van der Waals surface area contributed by atoms with Crippen molar-refractivity contribution in [2.24, 2.45) is 0 Å². The van der Waals surface area contributed by atoms with Crippen LogP contribution in [0.15, 0.2) is 60.8 Å². The molecule has 1 N–H and O–H groups in total. The molecular formula is C24H20ClF3N2O3. The van der Waals surface area contributed by atoms with Crippen LogP contribution in [-0.4, -0.2) is 28.1 Å². The number of carboxylic acid groups (broad SMARTS) is 1. The smallest absolute Gasteiger partial charge is 0.475 e. The van der Waals surface area contributed by atoms with Gasteiger partial charge in [0.15, 0.2) is 0 Å². The molecule has 2 aromatic carbocycles. The van der Waals surface area contributed by atoms with Gasteiger partial charge in [0, 0.05) is 29.4 Å². The number of aliphatic carboxylic acids is 1. The molecule has 0 atom stereocenters. The lowest BCUT2D eigenvalue weighted by atomic mass is 9.93. The number of alkyl halides is 3. The fourth-order valence-electron chi connectivity index (χ4n) is 3.53. The van der Waals surface area contributed by atoms with E-state index in [1.165, 1.54) is 11.1 Å². The van der Waals surface area contributed by atoms with Crippen LogP contribution < -0.4 is 4.90 Å². The molecule has 0 radical (unpaired) electrons. The first kappa shape index (κ1) is 24.3. The molecule has 0 aliphatic carbocycles. The summed E-state index contributed by atoms with van der Waals surface area (Å²) in [6.07, 6.45) is -1.50. The minimum absolute atomic E-state index is 0.0321. The lowest BCUT2D eigenvalue weighted by Gasteiger charge is -2.28. The molecule has 3 aromatic rings. The predicted octanol–water partition coefficient (Wildman–Crippen LogP) is 5.69. The van der Waals surface area contributed by atoms with Crippen molar-refractivity contribution in [3.63, 3.8) is 0 Å². The predicted molar refractivity (Wildman–Crippen MR) is 119 cm³/mol. The molecule has 1 aromatic heterocycles. The zero-order valence-electron chi connectivity index (χ0n) is 17.6. The molecule has 0 fully saturated rings. The third-order valence-corrected chi connectivity index (χ3v) is 5.35. The number of pyridine rings is 1. The molecule has 0 bridgehead atoms. The normalized spacial score (nSPS) is 12.9. The van der Waals surface area contributed by atoms with Crippen molar-refractivity contribution in [3.05, 3.63) is 82.5 Å². The van der Waals surface area contributed by atoms with Crippen molar-refractivity contribution >= 4 is 29.2 Å². The van der Waals surface area contributed by atoms with Gasteiger partial charge in [-0.1, -0.05) is 29.8 Å². The number of fused-ring (bicyclic) bond motifs is 2. The Balaban J connectivity index is 0.000000383. The van der Waals surface area contributed by atoms with Crippen molar-refractivity contribution in [1.29, 1.82) is 0 Å². The number of carbonyl (C=O) groups excluding carboxylic acids is 1. The standard InChI is InChI=1S/C22H19ClN2O.C2HF3O2/c1-15(26)25-14-19-12-17(21-4-2-3-11-24-21)7-5-16(19)6-8-18-13-20(23)9-10-22(18)25;3-2(4,5)1(6)7/h2-5,7,9-13H,6,8,14H2,1H3;(H,6,7). The Kier molecular flexibility index (Phi) is 7.38. The molecule has 0 saturated heterocycles. The fourth-order valence-corrected chi connectivity index (χ4v) is 3.73. The molecule has 0 spiro atoms. The third-order valence-electron chi connectivity index (χ3n) is 5.11. The monoisotopic (exact) mass is 476 g/mol. The van der Waals surface area contributed by atoms with E-state index in [-0.39, 0.29) is 5.91 Å². The maximum Gasteiger partial charge on any atom is 0.490 e. The Morgan fingerprint density at radius 3 is 2.30 bits per heavy atom. The topological polar surface area (TPSA) is 70.5 Å². The highest BCUT2D eigenvalue weighted by Crippen LogP contribution is 2.32. The van der Waals surface area contributed by atoms with Gasteiger partial charge in [0.2, 0.25) is 5.91 Å². The van der Waals surface area contributed by atoms with Gasteiger partial charge in [-0.15, -0.1) is 0 Å². The maximum absolute atomic E-state index is 12.4. The zero-order chi connectivity index (χ0) is 24.2. The molecule has 0 unspecified atom stereocenters. The van der Waals surface area contributed by atoms with Crippen LogP contribution in [0.1, 0.15) is 23.6 Å². The van der Waals surface area contributed by atoms with Crippen molar-refractivity contribution in [1.82, 2.24) is 4.98 Å². The molecule has 1 aliphatic rings. The first-order valence-corrected chi connectivity index (χ1v) is 10.3. The zero-order valence-corrected chi connectivity index (χ0v) is 18.3. The largest absolute Gasteiger partial charge is 0.490 e. The summed E-state index contributed by atoms with van der Waals surface area (Å²) in [5, 5.41) is 7.83. The van der Waals surface area contributed by atoms with Crippen molar-refractivity contribution < 1.29 is 27.9 Å². The highest BCUT2D eigenvalue weighted by atomic mass is 35.5. The summed E-state index contributed by atoms with van der Waals surface area (Å²) in [4.78, 5) is 27.5. The van der Waals surface area contributed by atoms with Crippen LogP contribution in [0.4, 0.5) is 18.9 Å². The molecule has 2 heterocycles. The quantitative estimate of drug-likeness (QED) is 0.490. The SMILES string of the molecule is CC(=O)N1Cc2cc(-c3ccccn3)ccc2CCc2cc(Cl)ccc21.O=C(O)C(F)(F)F. The minimum Gasteiger partial charge on any atom is -0.475 e. The van der Waals surface area contributed by atoms with E-state index in [1.54, 1.807) is 13.1 Å². The molecule has 5 nitrogen and oxygen atoms in total. The maximum atomic E-state index is 12.4. The lowest BCUT2D eigenvalue weighted by Crippen LogP contribution is -2.30. The number of carbonyl (C=O) groups is 2. The minimum atomic E-state index is -5.08.